The maximum atomic E-state index is 11.7. The molecule has 1 atom stereocenters. The minimum Gasteiger partial charge on any atom is -0.459 e. The number of halogens is 1. The molecule has 0 aliphatic heterocycles. The van der Waals surface area contributed by atoms with Crippen molar-refractivity contribution in [2.45, 2.75) is 52.1 Å². The molecule has 0 amide bonds. The van der Waals surface area contributed by atoms with E-state index in [1.54, 1.807) is 12.1 Å². The van der Waals surface area contributed by atoms with Crippen LogP contribution in [0.25, 0.3) is 0 Å². The second-order valence-corrected chi connectivity index (χ2v) is 4.82. The first-order chi connectivity index (χ1) is 8.63. The van der Waals surface area contributed by atoms with Crippen LogP contribution < -0.4 is 0 Å². The molecule has 4 heteroatoms. The largest absolute Gasteiger partial charge is 0.459 e. The summed E-state index contributed by atoms with van der Waals surface area (Å²) in [6.07, 6.45) is 7.04. The number of ether oxygens (including phenoxy) is 1. The Labute approximate surface area is 114 Å². The molecule has 3 nitrogen and oxygen atoms in total. The van der Waals surface area contributed by atoms with E-state index in [2.05, 4.69) is 11.9 Å². The van der Waals surface area contributed by atoms with E-state index in [0.717, 1.165) is 12.8 Å². The van der Waals surface area contributed by atoms with E-state index in [-0.39, 0.29) is 12.1 Å². The highest BCUT2D eigenvalue weighted by molar-refractivity contribution is 6.29. The van der Waals surface area contributed by atoms with Gasteiger partial charge in [-0.3, -0.25) is 0 Å². The van der Waals surface area contributed by atoms with E-state index in [1.165, 1.54) is 25.5 Å². The number of esters is 1. The topological polar surface area (TPSA) is 39.2 Å². The molecule has 0 N–H and O–H groups in total. The van der Waals surface area contributed by atoms with Gasteiger partial charge in [0.25, 0.3) is 0 Å². The van der Waals surface area contributed by atoms with Crippen LogP contribution in [0.5, 0.6) is 0 Å². The standard InChI is InChI=1S/C14H20ClNO2/c1-3-4-5-6-7-11(2)18-14(17)12-8-9-13(15)16-10-12/h8-11H,3-7H2,1-2H3. The Balaban J connectivity index is 2.33. The van der Waals surface area contributed by atoms with Crippen LogP contribution in [0.1, 0.15) is 56.3 Å². The lowest BCUT2D eigenvalue weighted by atomic mass is 10.1. The monoisotopic (exact) mass is 269 g/mol. The van der Waals surface area contributed by atoms with Gasteiger partial charge in [0.2, 0.25) is 0 Å². The van der Waals surface area contributed by atoms with Gasteiger partial charge in [-0.05, 0) is 31.9 Å². The number of nitrogens with zero attached hydrogens (tertiary/aromatic N) is 1. The van der Waals surface area contributed by atoms with Crippen LogP contribution in [0.15, 0.2) is 18.3 Å². The van der Waals surface area contributed by atoms with E-state index >= 15 is 0 Å². The molecule has 0 aliphatic carbocycles. The Kier molecular flexibility index (Phi) is 6.73. The lowest BCUT2D eigenvalue weighted by Gasteiger charge is -2.12. The van der Waals surface area contributed by atoms with E-state index in [0.29, 0.717) is 10.7 Å². The van der Waals surface area contributed by atoms with Gasteiger partial charge in [-0.15, -0.1) is 0 Å². The van der Waals surface area contributed by atoms with Crippen LogP contribution in [0.2, 0.25) is 5.15 Å². The maximum absolute atomic E-state index is 11.7. The molecule has 0 bridgehead atoms. The summed E-state index contributed by atoms with van der Waals surface area (Å²) in [6, 6.07) is 3.21. The van der Waals surface area contributed by atoms with E-state index < -0.39 is 0 Å². The first-order valence-electron chi connectivity index (χ1n) is 6.46. The van der Waals surface area contributed by atoms with Crippen molar-refractivity contribution in [2.24, 2.45) is 0 Å². The Bertz CT molecular complexity index is 365. The molecular formula is C14H20ClNO2. The molecule has 100 valence electrons. The fraction of sp³-hybridized carbons (Fsp3) is 0.571. The summed E-state index contributed by atoms with van der Waals surface area (Å²) in [5, 5.41) is 0.374. The van der Waals surface area contributed by atoms with Crippen molar-refractivity contribution in [3.8, 4) is 0 Å². The number of rotatable bonds is 7. The number of pyridine rings is 1. The molecule has 0 fully saturated rings. The summed E-state index contributed by atoms with van der Waals surface area (Å²) in [4.78, 5) is 15.6. The predicted octanol–water partition coefficient (Wildman–Crippen LogP) is 4.25. The third-order valence-electron chi connectivity index (χ3n) is 2.74. The number of carbonyl (C=O) groups excluding carboxylic acids is 1. The fourth-order valence-electron chi connectivity index (χ4n) is 1.66. The number of unbranched alkanes of at least 4 members (excludes halogenated alkanes) is 3. The van der Waals surface area contributed by atoms with Crippen molar-refractivity contribution < 1.29 is 9.53 Å². The predicted molar refractivity (Wildman–Crippen MR) is 72.9 cm³/mol. The maximum Gasteiger partial charge on any atom is 0.339 e. The molecule has 0 aromatic carbocycles. The molecule has 1 rings (SSSR count). The number of hydrogen-bond donors (Lipinski definition) is 0. The van der Waals surface area contributed by atoms with Crippen molar-refractivity contribution in [1.82, 2.24) is 4.98 Å². The van der Waals surface area contributed by atoms with Gasteiger partial charge in [-0.25, -0.2) is 9.78 Å². The van der Waals surface area contributed by atoms with Gasteiger partial charge < -0.3 is 4.74 Å². The zero-order chi connectivity index (χ0) is 13.4. The molecule has 1 unspecified atom stereocenters. The summed E-state index contributed by atoms with van der Waals surface area (Å²) in [5.41, 5.74) is 0.444. The Morgan fingerprint density at radius 3 is 2.78 bits per heavy atom. The SMILES string of the molecule is CCCCCCC(C)OC(=O)c1ccc(Cl)nc1. The van der Waals surface area contributed by atoms with Gasteiger partial charge in [-0.2, -0.15) is 0 Å². The van der Waals surface area contributed by atoms with Gasteiger partial charge in [-0.1, -0.05) is 37.8 Å². The van der Waals surface area contributed by atoms with Crippen molar-refractivity contribution in [2.75, 3.05) is 0 Å². The minimum atomic E-state index is -0.331. The normalized spacial score (nSPS) is 12.2. The number of aromatic nitrogens is 1. The average Bonchev–Trinajstić information content (AvgIpc) is 2.35. The second kappa shape index (κ2) is 8.09. The number of hydrogen-bond acceptors (Lipinski definition) is 3. The van der Waals surface area contributed by atoms with Crippen LogP contribution in [0.4, 0.5) is 0 Å². The Morgan fingerprint density at radius 1 is 1.39 bits per heavy atom. The molecule has 0 saturated heterocycles. The first-order valence-corrected chi connectivity index (χ1v) is 6.83. The van der Waals surface area contributed by atoms with Gasteiger partial charge >= 0.3 is 5.97 Å². The van der Waals surface area contributed by atoms with Crippen molar-refractivity contribution >= 4 is 17.6 Å². The zero-order valence-corrected chi connectivity index (χ0v) is 11.7. The summed E-state index contributed by atoms with van der Waals surface area (Å²) in [7, 11) is 0. The van der Waals surface area contributed by atoms with E-state index in [1.807, 2.05) is 6.92 Å². The Hall–Kier alpha value is -1.09. The lowest BCUT2D eigenvalue weighted by molar-refractivity contribution is 0.0319. The fourth-order valence-corrected chi connectivity index (χ4v) is 1.78. The molecule has 1 heterocycles. The van der Waals surface area contributed by atoms with Crippen LogP contribution in [0.3, 0.4) is 0 Å². The molecule has 0 spiro atoms. The Morgan fingerprint density at radius 2 is 2.17 bits per heavy atom. The molecule has 0 saturated carbocycles. The molecule has 0 aliphatic rings. The highest BCUT2D eigenvalue weighted by atomic mass is 35.5. The van der Waals surface area contributed by atoms with Gasteiger partial charge in [0, 0.05) is 6.20 Å². The number of carbonyl (C=O) groups is 1. The van der Waals surface area contributed by atoms with Gasteiger partial charge in [0.15, 0.2) is 0 Å². The minimum absolute atomic E-state index is 0.0509. The average molecular weight is 270 g/mol. The summed E-state index contributed by atoms with van der Waals surface area (Å²) in [5.74, 6) is -0.331. The molecule has 18 heavy (non-hydrogen) atoms. The highest BCUT2D eigenvalue weighted by Crippen LogP contribution is 2.11. The van der Waals surface area contributed by atoms with Gasteiger partial charge in [0.1, 0.15) is 5.15 Å². The van der Waals surface area contributed by atoms with Crippen molar-refractivity contribution in [3.05, 3.63) is 29.0 Å². The van der Waals surface area contributed by atoms with Crippen molar-refractivity contribution in [1.29, 1.82) is 0 Å². The summed E-state index contributed by atoms with van der Waals surface area (Å²) >= 11 is 5.66. The quantitative estimate of drug-likeness (QED) is 0.422. The van der Waals surface area contributed by atoms with Crippen LogP contribution >= 0.6 is 11.6 Å². The molecule has 0 radical (unpaired) electrons. The molecule has 1 aromatic heterocycles. The summed E-state index contributed by atoms with van der Waals surface area (Å²) < 4.78 is 5.33. The van der Waals surface area contributed by atoms with E-state index in [4.69, 9.17) is 16.3 Å². The first kappa shape index (κ1) is 15.0. The highest BCUT2D eigenvalue weighted by Gasteiger charge is 2.11. The zero-order valence-electron chi connectivity index (χ0n) is 11.0. The second-order valence-electron chi connectivity index (χ2n) is 4.43. The summed E-state index contributed by atoms with van der Waals surface area (Å²) in [6.45, 7) is 4.10. The smallest absolute Gasteiger partial charge is 0.339 e. The third kappa shape index (κ3) is 5.50. The van der Waals surface area contributed by atoms with Gasteiger partial charge in [0.05, 0.1) is 11.7 Å². The third-order valence-corrected chi connectivity index (χ3v) is 2.96. The molecular weight excluding hydrogens is 250 g/mol. The lowest BCUT2D eigenvalue weighted by Crippen LogP contribution is -2.15. The van der Waals surface area contributed by atoms with Crippen LogP contribution in [-0.2, 0) is 4.74 Å². The van der Waals surface area contributed by atoms with Crippen molar-refractivity contribution in [3.63, 3.8) is 0 Å². The molecule has 1 aromatic rings. The van der Waals surface area contributed by atoms with E-state index in [9.17, 15) is 4.79 Å². The van der Waals surface area contributed by atoms with Crippen LogP contribution in [0, 0.1) is 0 Å². The van der Waals surface area contributed by atoms with Crippen LogP contribution in [-0.4, -0.2) is 17.1 Å².